The molecule has 0 radical (unpaired) electrons. The van der Waals surface area contributed by atoms with Crippen molar-refractivity contribution >= 4 is 0 Å². The van der Waals surface area contributed by atoms with Crippen LogP contribution in [0.5, 0.6) is 0 Å². The van der Waals surface area contributed by atoms with E-state index in [9.17, 15) is 9.50 Å². The first-order valence-corrected chi connectivity index (χ1v) is 4.26. The predicted octanol–water partition coefficient (Wildman–Crippen LogP) is 1.47. The number of nitrogens with one attached hydrogen (secondary N) is 1. The first-order chi connectivity index (χ1) is 6.15. The average molecular weight is 183 g/mol. The second-order valence-electron chi connectivity index (χ2n) is 3.08. The number of likely N-dealkylation sites (N-methyl/N-ethyl adjacent to an activating group) is 1. The zero-order valence-electron chi connectivity index (χ0n) is 7.79. The second-order valence-corrected chi connectivity index (χ2v) is 3.08. The summed E-state index contributed by atoms with van der Waals surface area (Å²) in [5, 5.41) is 12.6. The van der Waals surface area contributed by atoms with Crippen molar-refractivity contribution in [3.8, 4) is 0 Å². The van der Waals surface area contributed by atoms with Gasteiger partial charge in [-0.25, -0.2) is 4.39 Å². The molecule has 0 aliphatic carbocycles. The van der Waals surface area contributed by atoms with Gasteiger partial charge in [0.25, 0.3) is 0 Å². The van der Waals surface area contributed by atoms with Crippen molar-refractivity contribution in [1.29, 1.82) is 0 Å². The maximum atomic E-state index is 12.8. The van der Waals surface area contributed by atoms with Gasteiger partial charge in [-0.1, -0.05) is 12.1 Å². The van der Waals surface area contributed by atoms with Gasteiger partial charge in [-0.05, 0) is 31.7 Å². The number of halogens is 1. The van der Waals surface area contributed by atoms with Crippen molar-refractivity contribution in [3.05, 3.63) is 35.6 Å². The predicted molar refractivity (Wildman–Crippen MR) is 49.9 cm³/mol. The van der Waals surface area contributed by atoms with Gasteiger partial charge in [-0.15, -0.1) is 0 Å². The van der Waals surface area contributed by atoms with Gasteiger partial charge < -0.3 is 10.4 Å². The van der Waals surface area contributed by atoms with Crippen LogP contribution in [0.2, 0.25) is 0 Å². The Hall–Kier alpha value is -0.930. The van der Waals surface area contributed by atoms with Crippen LogP contribution in [-0.4, -0.2) is 18.2 Å². The summed E-state index contributed by atoms with van der Waals surface area (Å²) in [6.45, 7) is 1.84. The monoisotopic (exact) mass is 183 g/mol. The van der Waals surface area contributed by atoms with Crippen LogP contribution >= 0.6 is 0 Å². The molecule has 0 heterocycles. The summed E-state index contributed by atoms with van der Waals surface area (Å²) in [4.78, 5) is 0. The lowest BCUT2D eigenvalue weighted by atomic mass is 10.0. The maximum Gasteiger partial charge on any atom is 0.123 e. The molecule has 13 heavy (non-hydrogen) atoms. The molecule has 2 N–H and O–H groups in total. The molecule has 0 amide bonds. The van der Waals surface area contributed by atoms with Gasteiger partial charge in [0, 0.05) is 6.04 Å². The zero-order chi connectivity index (χ0) is 9.84. The highest BCUT2D eigenvalue weighted by Crippen LogP contribution is 2.16. The van der Waals surface area contributed by atoms with Gasteiger partial charge in [0.1, 0.15) is 5.82 Å². The van der Waals surface area contributed by atoms with Gasteiger partial charge >= 0.3 is 0 Å². The van der Waals surface area contributed by atoms with E-state index in [4.69, 9.17) is 0 Å². The molecule has 2 nitrogen and oxygen atoms in total. The fourth-order valence-electron chi connectivity index (χ4n) is 1.14. The third kappa shape index (κ3) is 2.50. The number of rotatable bonds is 3. The molecule has 0 aliphatic rings. The van der Waals surface area contributed by atoms with Gasteiger partial charge in [0.05, 0.1) is 6.10 Å². The summed E-state index contributed by atoms with van der Waals surface area (Å²) in [6, 6.07) is 5.93. The molecule has 0 saturated carbocycles. The van der Waals surface area contributed by atoms with Crippen molar-refractivity contribution in [2.75, 3.05) is 7.05 Å². The zero-order valence-corrected chi connectivity index (χ0v) is 7.79. The summed E-state index contributed by atoms with van der Waals surface area (Å²) in [5.74, 6) is -0.320. The van der Waals surface area contributed by atoms with Crippen LogP contribution in [0.15, 0.2) is 24.3 Å². The Morgan fingerprint density at radius 2 is 2.15 bits per heavy atom. The molecular formula is C10H14FNO. The molecule has 1 aromatic rings. The number of hydrogen-bond acceptors (Lipinski definition) is 2. The number of hydrogen-bond donors (Lipinski definition) is 2. The van der Waals surface area contributed by atoms with Gasteiger partial charge in [0.2, 0.25) is 0 Å². The smallest absolute Gasteiger partial charge is 0.123 e. The number of aliphatic hydroxyl groups excluding tert-OH is 1. The van der Waals surface area contributed by atoms with Gasteiger partial charge in [-0.3, -0.25) is 0 Å². The van der Waals surface area contributed by atoms with Crippen LogP contribution in [0.3, 0.4) is 0 Å². The maximum absolute atomic E-state index is 12.8. The third-order valence-electron chi connectivity index (χ3n) is 2.12. The fourth-order valence-corrected chi connectivity index (χ4v) is 1.14. The minimum atomic E-state index is -0.666. The van der Waals surface area contributed by atoms with E-state index in [1.54, 1.807) is 19.2 Å². The Morgan fingerprint density at radius 3 is 2.69 bits per heavy atom. The van der Waals surface area contributed by atoms with E-state index in [-0.39, 0.29) is 11.9 Å². The molecule has 0 spiro atoms. The Bertz CT molecular complexity index is 277. The van der Waals surface area contributed by atoms with Crippen LogP contribution in [0, 0.1) is 5.82 Å². The minimum Gasteiger partial charge on any atom is -0.387 e. The summed E-state index contributed by atoms with van der Waals surface area (Å²) in [5.41, 5.74) is 0.599. The van der Waals surface area contributed by atoms with Crippen molar-refractivity contribution < 1.29 is 9.50 Å². The third-order valence-corrected chi connectivity index (χ3v) is 2.12. The summed E-state index contributed by atoms with van der Waals surface area (Å²) < 4.78 is 12.8. The number of benzene rings is 1. The highest BCUT2D eigenvalue weighted by Gasteiger charge is 2.14. The Balaban J connectivity index is 2.82. The van der Waals surface area contributed by atoms with Crippen LogP contribution in [0.4, 0.5) is 4.39 Å². The molecule has 0 fully saturated rings. The van der Waals surface area contributed by atoms with Gasteiger partial charge in [-0.2, -0.15) is 0 Å². The molecule has 72 valence electrons. The molecule has 0 unspecified atom stereocenters. The Kier molecular flexibility index (Phi) is 3.39. The van der Waals surface area contributed by atoms with E-state index in [1.165, 1.54) is 12.1 Å². The van der Waals surface area contributed by atoms with E-state index in [2.05, 4.69) is 5.32 Å². The van der Waals surface area contributed by atoms with Crippen molar-refractivity contribution in [1.82, 2.24) is 5.32 Å². The standard InChI is InChI=1S/C10H14FNO/c1-7(12-2)10(13)8-4-3-5-9(11)6-8/h3-7,10,12-13H,1-2H3/t7-,10-/m1/s1. The van der Waals surface area contributed by atoms with Crippen LogP contribution in [-0.2, 0) is 0 Å². The molecule has 0 saturated heterocycles. The highest BCUT2D eigenvalue weighted by molar-refractivity contribution is 5.19. The van der Waals surface area contributed by atoms with Gasteiger partial charge in [0.15, 0.2) is 0 Å². The largest absolute Gasteiger partial charge is 0.387 e. The van der Waals surface area contributed by atoms with E-state index in [0.717, 1.165) is 0 Å². The van der Waals surface area contributed by atoms with Crippen LogP contribution in [0.25, 0.3) is 0 Å². The highest BCUT2D eigenvalue weighted by atomic mass is 19.1. The van der Waals surface area contributed by atoms with Crippen LogP contribution in [0.1, 0.15) is 18.6 Å². The molecule has 0 aliphatic heterocycles. The molecule has 0 aromatic heterocycles. The van der Waals surface area contributed by atoms with E-state index in [1.807, 2.05) is 6.92 Å². The van der Waals surface area contributed by atoms with Crippen molar-refractivity contribution in [2.45, 2.75) is 19.1 Å². The SMILES string of the molecule is CN[C@H](C)[C@@H](O)c1cccc(F)c1. The Morgan fingerprint density at radius 1 is 1.46 bits per heavy atom. The molecular weight excluding hydrogens is 169 g/mol. The molecule has 3 heteroatoms. The normalized spacial score (nSPS) is 15.4. The van der Waals surface area contributed by atoms with Crippen LogP contribution < -0.4 is 5.32 Å². The van der Waals surface area contributed by atoms with E-state index < -0.39 is 6.10 Å². The number of aliphatic hydroxyl groups is 1. The summed E-state index contributed by atoms with van der Waals surface area (Å²) in [7, 11) is 1.76. The molecule has 1 rings (SSSR count). The molecule has 1 aromatic carbocycles. The summed E-state index contributed by atoms with van der Waals surface area (Å²) in [6.07, 6.45) is -0.666. The van der Waals surface area contributed by atoms with E-state index in [0.29, 0.717) is 5.56 Å². The Labute approximate surface area is 77.4 Å². The average Bonchev–Trinajstić information content (AvgIpc) is 2.15. The molecule has 0 bridgehead atoms. The lowest BCUT2D eigenvalue weighted by molar-refractivity contribution is 0.140. The second kappa shape index (κ2) is 4.35. The topological polar surface area (TPSA) is 32.3 Å². The first kappa shape index (κ1) is 10.2. The first-order valence-electron chi connectivity index (χ1n) is 4.26. The lowest BCUT2D eigenvalue weighted by Crippen LogP contribution is -2.28. The minimum absolute atomic E-state index is 0.0817. The van der Waals surface area contributed by atoms with Crippen molar-refractivity contribution in [2.24, 2.45) is 0 Å². The van der Waals surface area contributed by atoms with Crippen molar-refractivity contribution in [3.63, 3.8) is 0 Å². The molecule has 2 atom stereocenters. The quantitative estimate of drug-likeness (QED) is 0.743. The fraction of sp³-hybridized carbons (Fsp3) is 0.400. The van der Waals surface area contributed by atoms with E-state index >= 15 is 0 Å². The lowest BCUT2D eigenvalue weighted by Gasteiger charge is -2.18. The summed E-state index contributed by atoms with van der Waals surface area (Å²) >= 11 is 0.